The van der Waals surface area contributed by atoms with Gasteiger partial charge in [-0.05, 0) is 43.2 Å². The number of benzene rings is 1. The average molecular weight is 384 g/mol. The maximum atomic E-state index is 13.1. The molecule has 2 N–H and O–H groups in total. The molecule has 1 fully saturated rings. The zero-order valence-electron chi connectivity index (χ0n) is 13.7. The SMILES string of the molecule is O=C(Nc1ccc(Cl)cc1C(F)(F)F)c1ccc(NC2CCCC2)nc1. The van der Waals surface area contributed by atoms with Crippen LogP contribution in [0.5, 0.6) is 0 Å². The average Bonchev–Trinajstić information content (AvgIpc) is 3.09. The van der Waals surface area contributed by atoms with E-state index in [4.69, 9.17) is 11.6 Å². The first-order chi connectivity index (χ1) is 12.3. The highest BCUT2D eigenvalue weighted by Crippen LogP contribution is 2.36. The van der Waals surface area contributed by atoms with Gasteiger partial charge in [0.15, 0.2) is 0 Å². The first-order valence-electron chi connectivity index (χ1n) is 8.23. The van der Waals surface area contributed by atoms with E-state index in [-0.39, 0.29) is 16.3 Å². The molecule has 1 heterocycles. The van der Waals surface area contributed by atoms with Gasteiger partial charge in [-0.25, -0.2) is 4.98 Å². The molecular weight excluding hydrogens is 367 g/mol. The number of aromatic nitrogens is 1. The van der Waals surface area contributed by atoms with E-state index in [2.05, 4.69) is 15.6 Å². The van der Waals surface area contributed by atoms with Crippen molar-refractivity contribution >= 4 is 29.0 Å². The lowest BCUT2D eigenvalue weighted by molar-refractivity contribution is -0.136. The summed E-state index contributed by atoms with van der Waals surface area (Å²) in [6.07, 6.45) is 1.25. The van der Waals surface area contributed by atoms with E-state index in [1.54, 1.807) is 6.07 Å². The molecular formula is C18H17ClF3N3O. The summed E-state index contributed by atoms with van der Waals surface area (Å²) in [4.78, 5) is 16.4. The predicted molar refractivity (Wildman–Crippen MR) is 94.5 cm³/mol. The second-order valence-corrected chi connectivity index (χ2v) is 6.64. The van der Waals surface area contributed by atoms with Crippen molar-refractivity contribution < 1.29 is 18.0 Å². The smallest absolute Gasteiger partial charge is 0.367 e. The Kier molecular flexibility index (Phi) is 5.36. The standard InChI is InChI=1S/C18H17ClF3N3O/c19-12-6-7-15(14(9-12)18(20,21)22)25-17(26)11-5-8-16(23-10-11)24-13-3-1-2-4-13/h5-10,13H,1-4H2,(H,23,24)(H,25,26). The first-order valence-corrected chi connectivity index (χ1v) is 8.61. The van der Waals surface area contributed by atoms with E-state index >= 15 is 0 Å². The molecule has 138 valence electrons. The first kappa shape index (κ1) is 18.5. The van der Waals surface area contributed by atoms with Gasteiger partial charge in [-0.3, -0.25) is 4.79 Å². The van der Waals surface area contributed by atoms with E-state index in [9.17, 15) is 18.0 Å². The van der Waals surface area contributed by atoms with Crippen molar-refractivity contribution in [3.63, 3.8) is 0 Å². The molecule has 1 amide bonds. The summed E-state index contributed by atoms with van der Waals surface area (Å²) in [5, 5.41) is 5.50. The van der Waals surface area contributed by atoms with Crippen molar-refractivity contribution in [2.45, 2.75) is 37.9 Å². The van der Waals surface area contributed by atoms with E-state index < -0.39 is 17.6 Å². The molecule has 0 radical (unpaired) electrons. The Morgan fingerprint density at radius 1 is 1.15 bits per heavy atom. The number of hydrogen-bond acceptors (Lipinski definition) is 3. The fourth-order valence-corrected chi connectivity index (χ4v) is 3.12. The number of carbonyl (C=O) groups is 1. The Morgan fingerprint density at radius 3 is 2.50 bits per heavy atom. The number of rotatable bonds is 4. The van der Waals surface area contributed by atoms with Crippen molar-refractivity contribution in [1.29, 1.82) is 0 Å². The van der Waals surface area contributed by atoms with Crippen LogP contribution in [-0.4, -0.2) is 16.9 Å². The zero-order chi connectivity index (χ0) is 18.7. The van der Waals surface area contributed by atoms with Gasteiger partial charge in [-0.2, -0.15) is 13.2 Å². The topological polar surface area (TPSA) is 54.0 Å². The second kappa shape index (κ2) is 7.53. The van der Waals surface area contributed by atoms with Gasteiger partial charge in [0.25, 0.3) is 5.91 Å². The van der Waals surface area contributed by atoms with Gasteiger partial charge in [0.05, 0.1) is 16.8 Å². The molecule has 4 nitrogen and oxygen atoms in total. The van der Waals surface area contributed by atoms with Crippen LogP contribution < -0.4 is 10.6 Å². The van der Waals surface area contributed by atoms with Crippen LogP contribution in [0, 0.1) is 0 Å². The number of nitrogens with one attached hydrogen (secondary N) is 2. The molecule has 1 aromatic heterocycles. The molecule has 1 aliphatic carbocycles. The van der Waals surface area contributed by atoms with Crippen LogP contribution in [-0.2, 0) is 6.18 Å². The molecule has 0 aliphatic heterocycles. The molecule has 8 heteroatoms. The van der Waals surface area contributed by atoms with Crippen molar-refractivity contribution in [3.8, 4) is 0 Å². The monoisotopic (exact) mass is 383 g/mol. The second-order valence-electron chi connectivity index (χ2n) is 6.20. The van der Waals surface area contributed by atoms with Crippen LogP contribution in [0.1, 0.15) is 41.6 Å². The van der Waals surface area contributed by atoms with Crippen molar-refractivity contribution in [2.75, 3.05) is 10.6 Å². The molecule has 1 aliphatic rings. The minimum Gasteiger partial charge on any atom is -0.367 e. The van der Waals surface area contributed by atoms with Crippen LogP contribution in [0.2, 0.25) is 5.02 Å². The third-order valence-electron chi connectivity index (χ3n) is 4.27. The quantitative estimate of drug-likeness (QED) is 0.747. The van der Waals surface area contributed by atoms with Crippen LogP contribution in [0.3, 0.4) is 0 Å². The molecule has 26 heavy (non-hydrogen) atoms. The third-order valence-corrected chi connectivity index (χ3v) is 4.50. The molecule has 1 saturated carbocycles. The summed E-state index contributed by atoms with van der Waals surface area (Å²) in [6, 6.07) is 6.77. The van der Waals surface area contributed by atoms with Crippen molar-refractivity contribution in [1.82, 2.24) is 4.98 Å². The largest absolute Gasteiger partial charge is 0.418 e. The van der Waals surface area contributed by atoms with E-state index in [0.29, 0.717) is 11.9 Å². The van der Waals surface area contributed by atoms with Gasteiger partial charge < -0.3 is 10.6 Å². The minimum absolute atomic E-state index is 0.0562. The summed E-state index contributed by atoms with van der Waals surface area (Å²) in [7, 11) is 0. The lowest BCUT2D eigenvalue weighted by Crippen LogP contribution is -2.18. The Labute approximate surface area is 153 Å². The Balaban J connectivity index is 1.72. The normalized spacial score (nSPS) is 15.1. The summed E-state index contributed by atoms with van der Waals surface area (Å²) < 4.78 is 39.3. The number of amides is 1. The van der Waals surface area contributed by atoms with Gasteiger partial charge in [-0.15, -0.1) is 0 Å². The van der Waals surface area contributed by atoms with Gasteiger partial charge >= 0.3 is 6.18 Å². The number of halogens is 4. The lowest BCUT2D eigenvalue weighted by atomic mass is 10.1. The molecule has 0 saturated heterocycles. The Morgan fingerprint density at radius 2 is 1.88 bits per heavy atom. The van der Waals surface area contributed by atoms with Crippen LogP contribution in [0.25, 0.3) is 0 Å². The number of pyridine rings is 1. The van der Waals surface area contributed by atoms with Gasteiger partial charge in [0.2, 0.25) is 0 Å². The van der Waals surface area contributed by atoms with Crippen LogP contribution in [0.15, 0.2) is 36.5 Å². The number of anilines is 2. The summed E-state index contributed by atoms with van der Waals surface area (Å²) in [5.41, 5.74) is -1.17. The van der Waals surface area contributed by atoms with Gasteiger partial charge in [0.1, 0.15) is 5.82 Å². The maximum Gasteiger partial charge on any atom is 0.418 e. The van der Waals surface area contributed by atoms with Crippen LogP contribution in [0.4, 0.5) is 24.7 Å². The van der Waals surface area contributed by atoms with E-state index in [1.807, 2.05) is 0 Å². The molecule has 0 atom stereocenters. The number of alkyl halides is 3. The van der Waals surface area contributed by atoms with Crippen molar-refractivity contribution in [2.24, 2.45) is 0 Å². The summed E-state index contributed by atoms with van der Waals surface area (Å²) in [6.45, 7) is 0. The summed E-state index contributed by atoms with van der Waals surface area (Å²) >= 11 is 5.63. The molecule has 0 unspecified atom stereocenters. The Bertz CT molecular complexity index is 787. The predicted octanol–water partition coefficient (Wildman–Crippen LogP) is 5.36. The molecule has 0 bridgehead atoms. The molecule has 2 aromatic rings. The lowest BCUT2D eigenvalue weighted by Gasteiger charge is -2.15. The zero-order valence-corrected chi connectivity index (χ0v) is 14.5. The number of nitrogens with zero attached hydrogens (tertiary/aromatic N) is 1. The van der Waals surface area contributed by atoms with Crippen LogP contribution >= 0.6 is 11.6 Å². The molecule has 3 rings (SSSR count). The number of hydrogen-bond donors (Lipinski definition) is 2. The minimum atomic E-state index is -4.62. The molecule has 1 aromatic carbocycles. The van der Waals surface area contributed by atoms with E-state index in [1.165, 1.54) is 31.2 Å². The van der Waals surface area contributed by atoms with Crippen molar-refractivity contribution in [3.05, 3.63) is 52.7 Å². The number of carbonyl (C=O) groups excluding carboxylic acids is 1. The summed E-state index contributed by atoms with van der Waals surface area (Å²) in [5.74, 6) is -0.0198. The Hall–Kier alpha value is -2.28. The fourth-order valence-electron chi connectivity index (χ4n) is 2.95. The highest BCUT2D eigenvalue weighted by molar-refractivity contribution is 6.30. The highest BCUT2D eigenvalue weighted by atomic mass is 35.5. The van der Waals surface area contributed by atoms with Gasteiger partial charge in [-0.1, -0.05) is 24.4 Å². The van der Waals surface area contributed by atoms with Gasteiger partial charge in [0, 0.05) is 17.3 Å². The fraction of sp³-hybridized carbons (Fsp3) is 0.333. The maximum absolute atomic E-state index is 13.1. The van der Waals surface area contributed by atoms with E-state index in [0.717, 1.165) is 25.0 Å². The molecule has 0 spiro atoms. The third kappa shape index (κ3) is 4.46. The highest BCUT2D eigenvalue weighted by Gasteiger charge is 2.34.